The van der Waals surface area contributed by atoms with Crippen LogP contribution in [0.25, 0.3) is 0 Å². The first-order valence-electron chi connectivity index (χ1n) is 10.8. The van der Waals surface area contributed by atoms with Gasteiger partial charge in [0.2, 0.25) is 0 Å². The van der Waals surface area contributed by atoms with Gasteiger partial charge in [-0.3, -0.25) is 0 Å². The summed E-state index contributed by atoms with van der Waals surface area (Å²) in [6.07, 6.45) is 0. The van der Waals surface area contributed by atoms with Crippen LogP contribution in [0.3, 0.4) is 0 Å². The van der Waals surface area contributed by atoms with E-state index in [2.05, 4.69) is 20.3 Å². The van der Waals surface area contributed by atoms with Gasteiger partial charge in [0, 0.05) is 31.7 Å². The third-order valence-electron chi connectivity index (χ3n) is 5.36. The zero-order valence-corrected chi connectivity index (χ0v) is 20.1. The molecule has 0 bridgehead atoms. The van der Waals surface area contributed by atoms with E-state index in [1.54, 1.807) is 30.3 Å². The number of rotatable bonds is 6. The van der Waals surface area contributed by atoms with Crippen molar-refractivity contribution in [1.29, 1.82) is 0 Å². The van der Waals surface area contributed by atoms with Crippen LogP contribution < -0.4 is 9.64 Å². The largest absolute Gasteiger partial charge is 0.492 e. The van der Waals surface area contributed by atoms with E-state index in [1.165, 1.54) is 0 Å². The topological polar surface area (TPSA) is 62.2 Å². The number of nitrogens with zero attached hydrogens (tertiary/aromatic N) is 3. The Balaban J connectivity index is 0.00000306. The quantitative estimate of drug-likeness (QED) is 0.381. The highest BCUT2D eigenvalue weighted by molar-refractivity contribution is 7.90. The fraction of sp³-hybridized carbons (Fsp3) is 0.240. The van der Waals surface area contributed by atoms with Crippen molar-refractivity contribution in [2.24, 2.45) is 4.40 Å². The molecular formula is C25H28ClN3O3S. The third-order valence-corrected chi connectivity index (χ3v) is 6.65. The van der Waals surface area contributed by atoms with Crippen LogP contribution >= 0.6 is 12.4 Å². The highest BCUT2D eigenvalue weighted by Gasteiger charge is 2.25. The number of para-hydroxylation sites is 2. The summed E-state index contributed by atoms with van der Waals surface area (Å²) >= 11 is 0. The van der Waals surface area contributed by atoms with Gasteiger partial charge in [-0.05, 0) is 31.2 Å². The van der Waals surface area contributed by atoms with Crippen LogP contribution in [-0.2, 0) is 10.0 Å². The van der Waals surface area contributed by atoms with Gasteiger partial charge in [0.15, 0.2) is 0 Å². The van der Waals surface area contributed by atoms with Gasteiger partial charge in [0.25, 0.3) is 10.0 Å². The standard InChI is InChI=1S/C25H27N3O3S.ClH/c1-2-31-24-16-10-9-15-23(24)27-17-19-28(20-18-27)25(21-11-5-3-6-12-21)26-32(29,30)22-13-7-4-8-14-22;/h3-16H,2,17-20H2,1H3;1H/b26-25-;. The Hall–Kier alpha value is -3.03. The summed E-state index contributed by atoms with van der Waals surface area (Å²) in [7, 11) is -3.82. The fourth-order valence-electron chi connectivity index (χ4n) is 3.79. The van der Waals surface area contributed by atoms with Crippen LogP contribution in [0.15, 0.2) is 94.2 Å². The molecule has 174 valence electrons. The molecule has 6 nitrogen and oxygen atoms in total. The van der Waals surface area contributed by atoms with E-state index in [4.69, 9.17) is 4.74 Å². The van der Waals surface area contributed by atoms with Crippen molar-refractivity contribution >= 4 is 34.0 Å². The molecule has 3 aromatic rings. The highest BCUT2D eigenvalue weighted by Crippen LogP contribution is 2.29. The fourth-order valence-corrected chi connectivity index (χ4v) is 4.85. The number of sulfonamides is 1. The van der Waals surface area contributed by atoms with E-state index in [9.17, 15) is 8.42 Å². The average molecular weight is 486 g/mol. The lowest BCUT2D eigenvalue weighted by molar-refractivity contribution is 0.336. The van der Waals surface area contributed by atoms with Gasteiger partial charge in [-0.15, -0.1) is 16.8 Å². The Morgan fingerprint density at radius 2 is 1.42 bits per heavy atom. The summed E-state index contributed by atoms with van der Waals surface area (Å²) < 4.78 is 36.1. The van der Waals surface area contributed by atoms with Crippen molar-refractivity contribution < 1.29 is 13.2 Å². The number of hydrogen-bond acceptors (Lipinski definition) is 4. The molecule has 0 amide bonds. The predicted molar refractivity (Wildman–Crippen MR) is 135 cm³/mol. The van der Waals surface area contributed by atoms with Gasteiger partial charge in [0.1, 0.15) is 11.6 Å². The number of anilines is 1. The lowest BCUT2D eigenvalue weighted by atomic mass is 10.1. The molecule has 0 unspecified atom stereocenters. The predicted octanol–water partition coefficient (Wildman–Crippen LogP) is 4.46. The van der Waals surface area contributed by atoms with Crippen molar-refractivity contribution in [3.05, 3.63) is 90.5 Å². The maximum atomic E-state index is 13.0. The van der Waals surface area contributed by atoms with Crippen LogP contribution in [-0.4, -0.2) is 51.9 Å². The number of benzene rings is 3. The molecule has 0 radical (unpaired) electrons. The van der Waals surface area contributed by atoms with Gasteiger partial charge in [-0.2, -0.15) is 8.42 Å². The van der Waals surface area contributed by atoms with E-state index < -0.39 is 10.0 Å². The van der Waals surface area contributed by atoms with E-state index in [-0.39, 0.29) is 17.3 Å². The molecule has 0 spiro atoms. The molecule has 0 N–H and O–H groups in total. The zero-order chi connectivity index (χ0) is 22.4. The molecule has 0 saturated carbocycles. The molecule has 33 heavy (non-hydrogen) atoms. The summed E-state index contributed by atoms with van der Waals surface area (Å²) in [5, 5.41) is 0. The molecule has 1 fully saturated rings. The monoisotopic (exact) mass is 485 g/mol. The lowest BCUT2D eigenvalue weighted by Crippen LogP contribution is -2.49. The Bertz CT molecular complexity index is 1160. The number of ether oxygens (including phenoxy) is 1. The normalized spacial score (nSPS) is 14.5. The molecule has 1 heterocycles. The number of amidine groups is 1. The SMILES string of the molecule is CCOc1ccccc1N1CCN(/C(=N\S(=O)(=O)c2ccccc2)c2ccccc2)CC1.Cl. The summed E-state index contributed by atoms with van der Waals surface area (Å²) in [5.41, 5.74) is 1.85. The lowest BCUT2D eigenvalue weighted by Gasteiger charge is -2.38. The molecule has 1 saturated heterocycles. The smallest absolute Gasteiger partial charge is 0.284 e. The second kappa shape index (κ2) is 11.2. The summed E-state index contributed by atoms with van der Waals surface area (Å²) in [5.74, 6) is 1.35. The second-order valence-electron chi connectivity index (χ2n) is 7.44. The van der Waals surface area contributed by atoms with Gasteiger partial charge in [0.05, 0.1) is 17.2 Å². The Labute approximate surface area is 202 Å². The Morgan fingerprint density at radius 1 is 0.848 bits per heavy atom. The molecular weight excluding hydrogens is 458 g/mol. The molecule has 0 aliphatic carbocycles. The molecule has 0 aromatic heterocycles. The van der Waals surface area contributed by atoms with Crippen molar-refractivity contribution in [1.82, 2.24) is 4.90 Å². The van der Waals surface area contributed by atoms with Crippen molar-refractivity contribution in [3.8, 4) is 5.75 Å². The molecule has 3 aromatic carbocycles. The van der Waals surface area contributed by atoms with Gasteiger partial charge >= 0.3 is 0 Å². The molecule has 0 atom stereocenters. The minimum atomic E-state index is -3.82. The van der Waals surface area contributed by atoms with Gasteiger partial charge < -0.3 is 14.5 Å². The van der Waals surface area contributed by atoms with E-state index in [0.29, 0.717) is 25.5 Å². The third kappa shape index (κ3) is 5.86. The Kier molecular flexibility index (Phi) is 8.36. The van der Waals surface area contributed by atoms with Gasteiger partial charge in [-0.1, -0.05) is 60.7 Å². The minimum absolute atomic E-state index is 0. The second-order valence-corrected chi connectivity index (χ2v) is 9.05. The van der Waals surface area contributed by atoms with Crippen molar-refractivity contribution in [2.75, 3.05) is 37.7 Å². The maximum Gasteiger partial charge on any atom is 0.284 e. The zero-order valence-electron chi connectivity index (χ0n) is 18.5. The first-order valence-corrected chi connectivity index (χ1v) is 12.2. The van der Waals surface area contributed by atoms with Gasteiger partial charge in [-0.25, -0.2) is 0 Å². The first kappa shape index (κ1) is 24.6. The molecule has 8 heteroatoms. The molecule has 1 aliphatic rings. The van der Waals surface area contributed by atoms with Crippen molar-refractivity contribution in [3.63, 3.8) is 0 Å². The highest BCUT2D eigenvalue weighted by atomic mass is 35.5. The number of halogens is 1. The summed E-state index contributed by atoms with van der Waals surface area (Å²) in [6, 6.07) is 25.9. The number of hydrogen-bond donors (Lipinski definition) is 0. The van der Waals surface area contributed by atoms with E-state index >= 15 is 0 Å². The Morgan fingerprint density at radius 3 is 2.06 bits per heavy atom. The van der Waals surface area contributed by atoms with E-state index in [0.717, 1.165) is 30.1 Å². The van der Waals surface area contributed by atoms with Crippen LogP contribution in [0.4, 0.5) is 5.69 Å². The van der Waals surface area contributed by atoms with Crippen LogP contribution in [0.2, 0.25) is 0 Å². The molecule has 4 rings (SSSR count). The molecule has 1 aliphatic heterocycles. The minimum Gasteiger partial charge on any atom is -0.492 e. The van der Waals surface area contributed by atoms with Crippen LogP contribution in [0, 0.1) is 0 Å². The average Bonchev–Trinajstić information content (AvgIpc) is 2.84. The summed E-state index contributed by atoms with van der Waals surface area (Å²) in [4.78, 5) is 4.52. The van der Waals surface area contributed by atoms with E-state index in [1.807, 2.05) is 55.5 Å². The first-order chi connectivity index (χ1) is 15.6. The maximum absolute atomic E-state index is 13.0. The van der Waals surface area contributed by atoms with Crippen molar-refractivity contribution in [2.45, 2.75) is 11.8 Å². The number of piperazine rings is 1. The van der Waals surface area contributed by atoms with Crippen LogP contribution in [0.1, 0.15) is 12.5 Å². The summed E-state index contributed by atoms with van der Waals surface area (Å²) in [6.45, 7) is 5.36. The van der Waals surface area contributed by atoms with Crippen LogP contribution in [0.5, 0.6) is 5.75 Å².